The molecule has 0 radical (unpaired) electrons. The van der Waals surface area contributed by atoms with Gasteiger partial charge in [-0.25, -0.2) is 0 Å². The first-order valence-corrected chi connectivity index (χ1v) is 6.84. The fourth-order valence-corrected chi connectivity index (χ4v) is 1.96. The first-order valence-electron chi connectivity index (χ1n) is 6.84. The van der Waals surface area contributed by atoms with E-state index in [4.69, 9.17) is 19.9 Å². The highest BCUT2D eigenvalue weighted by atomic mass is 35.5. The van der Waals surface area contributed by atoms with Gasteiger partial charge in [-0.1, -0.05) is 13.0 Å². The van der Waals surface area contributed by atoms with Gasteiger partial charge in [-0.2, -0.15) is 0 Å². The molecule has 1 rings (SSSR count). The van der Waals surface area contributed by atoms with E-state index in [9.17, 15) is 4.79 Å². The minimum absolute atomic E-state index is 0. The molecular weight excluding hydrogens is 308 g/mol. The molecule has 3 N–H and O–H groups in total. The van der Waals surface area contributed by atoms with Crippen LogP contribution >= 0.6 is 12.4 Å². The number of carbonyl (C=O) groups is 1. The standard InChI is InChI=1S/C15H24N2O4.ClH/c1-10(9-16)15(18)17-8-7-11-5-6-12(19-2)14(21-4)13(11)20-3;/h5-6,10H,7-9,16H2,1-4H3,(H,17,18);1H. The van der Waals surface area contributed by atoms with Crippen LogP contribution in [-0.2, 0) is 11.2 Å². The highest BCUT2D eigenvalue weighted by Crippen LogP contribution is 2.39. The van der Waals surface area contributed by atoms with Gasteiger partial charge in [0.2, 0.25) is 11.7 Å². The number of carbonyl (C=O) groups excluding carboxylic acids is 1. The normalized spacial score (nSPS) is 11.1. The minimum atomic E-state index is -0.183. The molecule has 6 nitrogen and oxygen atoms in total. The van der Waals surface area contributed by atoms with Crippen LogP contribution in [0.1, 0.15) is 12.5 Å². The summed E-state index contributed by atoms with van der Waals surface area (Å²) in [7, 11) is 4.72. The zero-order valence-corrected chi connectivity index (χ0v) is 14.3. The Morgan fingerprint density at radius 3 is 2.32 bits per heavy atom. The van der Waals surface area contributed by atoms with Crippen molar-refractivity contribution in [1.82, 2.24) is 5.32 Å². The second-order valence-electron chi connectivity index (χ2n) is 4.67. The summed E-state index contributed by atoms with van der Waals surface area (Å²) < 4.78 is 16.0. The second-order valence-corrected chi connectivity index (χ2v) is 4.67. The Hall–Kier alpha value is -1.66. The van der Waals surface area contributed by atoms with Gasteiger partial charge >= 0.3 is 0 Å². The Morgan fingerprint density at radius 1 is 1.18 bits per heavy atom. The van der Waals surface area contributed by atoms with Crippen molar-refractivity contribution in [2.45, 2.75) is 13.3 Å². The fourth-order valence-electron chi connectivity index (χ4n) is 1.96. The molecule has 1 atom stereocenters. The molecule has 1 amide bonds. The summed E-state index contributed by atoms with van der Waals surface area (Å²) in [5.74, 6) is 1.56. The molecule has 0 saturated heterocycles. The first-order chi connectivity index (χ1) is 10.1. The Balaban J connectivity index is 0.00000441. The predicted molar refractivity (Wildman–Crippen MR) is 88.3 cm³/mol. The summed E-state index contributed by atoms with van der Waals surface area (Å²) in [5, 5.41) is 2.85. The smallest absolute Gasteiger partial charge is 0.224 e. The third kappa shape index (κ3) is 4.96. The van der Waals surface area contributed by atoms with Crippen molar-refractivity contribution in [3.63, 3.8) is 0 Å². The van der Waals surface area contributed by atoms with Crippen molar-refractivity contribution < 1.29 is 19.0 Å². The Kier molecular flexibility index (Phi) is 9.37. The van der Waals surface area contributed by atoms with Gasteiger partial charge in [0.15, 0.2) is 11.5 Å². The average Bonchev–Trinajstić information content (AvgIpc) is 2.52. The van der Waals surface area contributed by atoms with Gasteiger partial charge in [-0.15, -0.1) is 12.4 Å². The molecule has 0 saturated carbocycles. The summed E-state index contributed by atoms with van der Waals surface area (Å²) >= 11 is 0. The van der Waals surface area contributed by atoms with Crippen LogP contribution < -0.4 is 25.3 Å². The SMILES string of the molecule is COc1ccc(CCNC(=O)C(C)CN)c(OC)c1OC.Cl. The number of hydrogen-bond acceptors (Lipinski definition) is 5. The van der Waals surface area contributed by atoms with E-state index in [1.165, 1.54) is 0 Å². The number of methoxy groups -OCH3 is 3. The fraction of sp³-hybridized carbons (Fsp3) is 0.533. The van der Waals surface area contributed by atoms with Gasteiger partial charge in [0.25, 0.3) is 0 Å². The number of nitrogens with two attached hydrogens (primary N) is 1. The van der Waals surface area contributed by atoms with Gasteiger partial charge in [-0.05, 0) is 12.5 Å². The van der Waals surface area contributed by atoms with Crippen molar-refractivity contribution >= 4 is 18.3 Å². The molecule has 0 bridgehead atoms. The van der Waals surface area contributed by atoms with E-state index in [1.54, 1.807) is 28.3 Å². The van der Waals surface area contributed by atoms with Crippen LogP contribution in [-0.4, -0.2) is 40.3 Å². The molecule has 7 heteroatoms. The van der Waals surface area contributed by atoms with E-state index < -0.39 is 0 Å². The molecule has 126 valence electrons. The molecule has 1 aromatic rings. The van der Waals surface area contributed by atoms with Crippen LogP contribution in [0.25, 0.3) is 0 Å². The summed E-state index contributed by atoms with van der Waals surface area (Å²) in [4.78, 5) is 11.7. The van der Waals surface area contributed by atoms with Gasteiger partial charge in [0, 0.05) is 24.6 Å². The molecule has 1 unspecified atom stereocenters. The Labute approximate surface area is 137 Å². The van der Waals surface area contributed by atoms with Crippen molar-refractivity contribution in [2.24, 2.45) is 11.7 Å². The zero-order valence-electron chi connectivity index (χ0n) is 13.5. The van der Waals surface area contributed by atoms with Gasteiger partial charge < -0.3 is 25.3 Å². The molecule has 0 aliphatic heterocycles. The molecule has 0 aliphatic carbocycles. The quantitative estimate of drug-likeness (QED) is 0.751. The largest absolute Gasteiger partial charge is 0.493 e. The summed E-state index contributed by atoms with van der Waals surface area (Å²) in [6, 6.07) is 3.72. The molecular formula is C15H25ClN2O4. The molecule has 0 aromatic heterocycles. The molecule has 0 fully saturated rings. The van der Waals surface area contributed by atoms with E-state index in [2.05, 4.69) is 5.32 Å². The highest BCUT2D eigenvalue weighted by Gasteiger charge is 2.16. The van der Waals surface area contributed by atoms with E-state index >= 15 is 0 Å². The Morgan fingerprint density at radius 2 is 1.82 bits per heavy atom. The number of hydrogen-bond donors (Lipinski definition) is 2. The van der Waals surface area contributed by atoms with Gasteiger partial charge in [-0.3, -0.25) is 4.79 Å². The summed E-state index contributed by atoms with van der Waals surface area (Å²) in [6.07, 6.45) is 0.632. The number of halogens is 1. The highest BCUT2D eigenvalue weighted by molar-refractivity contribution is 5.85. The lowest BCUT2D eigenvalue weighted by atomic mass is 10.1. The summed E-state index contributed by atoms with van der Waals surface area (Å²) in [6.45, 7) is 2.65. The maximum Gasteiger partial charge on any atom is 0.224 e. The van der Waals surface area contributed by atoms with Crippen LogP contribution in [0, 0.1) is 5.92 Å². The van der Waals surface area contributed by atoms with Crippen molar-refractivity contribution in [1.29, 1.82) is 0 Å². The maximum absolute atomic E-state index is 11.7. The molecule has 1 aromatic carbocycles. The van der Waals surface area contributed by atoms with Crippen LogP contribution in [0.15, 0.2) is 12.1 Å². The molecule has 22 heavy (non-hydrogen) atoms. The molecule has 0 heterocycles. The monoisotopic (exact) mass is 332 g/mol. The number of rotatable bonds is 8. The lowest BCUT2D eigenvalue weighted by molar-refractivity contribution is -0.124. The predicted octanol–water partition coefficient (Wildman–Crippen LogP) is 1.39. The van der Waals surface area contributed by atoms with Crippen LogP contribution in [0.4, 0.5) is 0 Å². The van der Waals surface area contributed by atoms with Gasteiger partial charge in [0.05, 0.1) is 21.3 Å². The average molecular weight is 333 g/mol. The maximum atomic E-state index is 11.7. The van der Waals surface area contributed by atoms with Crippen LogP contribution in [0.2, 0.25) is 0 Å². The lowest BCUT2D eigenvalue weighted by Gasteiger charge is -2.16. The Bertz CT molecular complexity index is 483. The summed E-state index contributed by atoms with van der Waals surface area (Å²) in [5.41, 5.74) is 6.40. The second kappa shape index (κ2) is 10.1. The van der Waals surface area contributed by atoms with Crippen molar-refractivity contribution in [3.8, 4) is 17.2 Å². The van der Waals surface area contributed by atoms with E-state index in [1.807, 2.05) is 12.1 Å². The number of amides is 1. The minimum Gasteiger partial charge on any atom is -0.493 e. The zero-order chi connectivity index (χ0) is 15.8. The van der Waals surface area contributed by atoms with Crippen molar-refractivity contribution in [2.75, 3.05) is 34.4 Å². The van der Waals surface area contributed by atoms with Crippen LogP contribution in [0.5, 0.6) is 17.2 Å². The van der Waals surface area contributed by atoms with E-state index in [0.29, 0.717) is 36.8 Å². The molecule has 0 aliphatic rings. The first kappa shape index (κ1) is 20.3. The topological polar surface area (TPSA) is 82.8 Å². The van der Waals surface area contributed by atoms with Gasteiger partial charge in [0.1, 0.15) is 0 Å². The van der Waals surface area contributed by atoms with E-state index in [-0.39, 0.29) is 24.2 Å². The van der Waals surface area contributed by atoms with Crippen molar-refractivity contribution in [3.05, 3.63) is 17.7 Å². The third-order valence-electron chi connectivity index (χ3n) is 3.28. The number of benzene rings is 1. The number of ether oxygens (including phenoxy) is 3. The lowest BCUT2D eigenvalue weighted by Crippen LogP contribution is -2.34. The van der Waals surface area contributed by atoms with Crippen LogP contribution in [0.3, 0.4) is 0 Å². The third-order valence-corrected chi connectivity index (χ3v) is 3.28. The molecule has 0 spiro atoms. The van der Waals surface area contributed by atoms with E-state index in [0.717, 1.165) is 5.56 Å². The number of nitrogens with one attached hydrogen (secondary N) is 1.